The maximum atomic E-state index is 12.9. The van der Waals surface area contributed by atoms with Crippen molar-refractivity contribution in [2.24, 2.45) is 7.05 Å². The summed E-state index contributed by atoms with van der Waals surface area (Å²) in [5.41, 5.74) is 4.76. The van der Waals surface area contributed by atoms with E-state index in [9.17, 15) is 9.59 Å². The number of hydrogen-bond acceptors (Lipinski definition) is 3. The van der Waals surface area contributed by atoms with Crippen LogP contribution in [0.1, 0.15) is 11.3 Å². The van der Waals surface area contributed by atoms with Gasteiger partial charge < -0.3 is 10.1 Å². The number of amides is 1. The highest BCUT2D eigenvalue weighted by Crippen LogP contribution is 2.23. The van der Waals surface area contributed by atoms with E-state index in [1.165, 1.54) is 10.2 Å². The first-order chi connectivity index (χ1) is 15.4. The number of nitrogens with one attached hydrogen (secondary N) is 1. The van der Waals surface area contributed by atoms with Gasteiger partial charge in [0.25, 0.3) is 11.5 Å². The molecular weight excluding hydrogens is 402 g/mol. The molecule has 0 bridgehead atoms. The lowest BCUT2D eigenvalue weighted by molar-refractivity contribution is -0.118. The van der Waals surface area contributed by atoms with Crippen molar-refractivity contribution >= 4 is 11.6 Å². The van der Waals surface area contributed by atoms with Gasteiger partial charge in [-0.1, -0.05) is 60.2 Å². The number of anilines is 1. The Labute approximate surface area is 186 Å². The fourth-order valence-corrected chi connectivity index (χ4v) is 3.53. The third-order valence-electron chi connectivity index (χ3n) is 5.43. The highest BCUT2D eigenvalue weighted by molar-refractivity contribution is 5.92. The van der Waals surface area contributed by atoms with Gasteiger partial charge in [0, 0.05) is 7.05 Å². The number of aromatic nitrogens is 2. The van der Waals surface area contributed by atoms with Gasteiger partial charge in [-0.2, -0.15) is 0 Å². The number of ether oxygens (including phenoxy) is 1. The average Bonchev–Trinajstić information content (AvgIpc) is 3.02. The van der Waals surface area contributed by atoms with E-state index in [4.69, 9.17) is 4.74 Å². The van der Waals surface area contributed by atoms with E-state index in [2.05, 4.69) is 36.5 Å². The second kappa shape index (κ2) is 8.98. The van der Waals surface area contributed by atoms with Gasteiger partial charge in [-0.3, -0.25) is 14.3 Å². The van der Waals surface area contributed by atoms with Crippen LogP contribution in [0.4, 0.5) is 5.69 Å². The van der Waals surface area contributed by atoms with Crippen LogP contribution in [0, 0.1) is 13.8 Å². The molecule has 162 valence electrons. The molecule has 4 aromatic rings. The summed E-state index contributed by atoms with van der Waals surface area (Å²) in [5.74, 6) is 0.195. The first-order valence-corrected chi connectivity index (χ1v) is 10.4. The summed E-state index contributed by atoms with van der Waals surface area (Å²) >= 11 is 0. The fraction of sp³-hybridized carbons (Fsp3) is 0.154. The zero-order chi connectivity index (χ0) is 22.7. The lowest BCUT2D eigenvalue weighted by Gasteiger charge is -2.08. The van der Waals surface area contributed by atoms with Crippen molar-refractivity contribution in [2.75, 3.05) is 11.9 Å². The van der Waals surface area contributed by atoms with Gasteiger partial charge in [-0.15, -0.1) is 0 Å². The number of rotatable bonds is 6. The van der Waals surface area contributed by atoms with Crippen molar-refractivity contribution in [1.29, 1.82) is 0 Å². The summed E-state index contributed by atoms with van der Waals surface area (Å²) in [5, 5.41) is 2.70. The van der Waals surface area contributed by atoms with Crippen molar-refractivity contribution in [2.45, 2.75) is 13.8 Å². The van der Waals surface area contributed by atoms with Gasteiger partial charge in [0.2, 0.25) is 0 Å². The molecule has 6 nitrogen and oxygen atoms in total. The third-order valence-corrected chi connectivity index (χ3v) is 5.43. The number of nitrogens with zero attached hydrogens (tertiary/aromatic N) is 2. The van der Waals surface area contributed by atoms with E-state index in [0.29, 0.717) is 11.4 Å². The molecule has 0 radical (unpaired) electrons. The van der Waals surface area contributed by atoms with Gasteiger partial charge >= 0.3 is 0 Å². The van der Waals surface area contributed by atoms with E-state index in [-0.39, 0.29) is 17.9 Å². The number of carbonyl (C=O) groups is 1. The smallest absolute Gasteiger partial charge is 0.295 e. The largest absolute Gasteiger partial charge is 0.484 e. The maximum absolute atomic E-state index is 12.9. The van der Waals surface area contributed by atoms with Gasteiger partial charge in [0.05, 0.1) is 11.4 Å². The molecule has 0 spiro atoms. The predicted molar refractivity (Wildman–Crippen MR) is 126 cm³/mol. The summed E-state index contributed by atoms with van der Waals surface area (Å²) in [6.07, 6.45) is 0. The third kappa shape index (κ3) is 4.34. The molecule has 0 fully saturated rings. The predicted octanol–water partition coefficient (Wildman–Crippen LogP) is 4.48. The van der Waals surface area contributed by atoms with Crippen LogP contribution in [0.15, 0.2) is 83.7 Å². The lowest BCUT2D eigenvalue weighted by Crippen LogP contribution is -2.25. The minimum absolute atomic E-state index is 0.191. The number of carbonyl (C=O) groups excluding carboxylic acids is 1. The van der Waals surface area contributed by atoms with Crippen molar-refractivity contribution in [1.82, 2.24) is 9.36 Å². The summed E-state index contributed by atoms with van der Waals surface area (Å²) < 4.78 is 8.87. The van der Waals surface area contributed by atoms with Crippen molar-refractivity contribution in [3.05, 3.63) is 100 Å². The highest BCUT2D eigenvalue weighted by atomic mass is 16.5. The monoisotopic (exact) mass is 427 g/mol. The quantitative estimate of drug-likeness (QED) is 0.494. The summed E-state index contributed by atoms with van der Waals surface area (Å²) in [7, 11) is 1.78. The molecule has 0 aliphatic carbocycles. The minimum atomic E-state index is -0.390. The molecule has 1 heterocycles. The molecule has 0 atom stereocenters. The van der Waals surface area contributed by atoms with E-state index in [1.807, 2.05) is 54.6 Å². The van der Waals surface area contributed by atoms with Crippen LogP contribution in [0.25, 0.3) is 16.8 Å². The molecule has 0 saturated heterocycles. The SMILES string of the molecule is Cc1ccc(-c2ccc(OCC(=O)Nc3c(C)n(C)n(-c4ccccc4)c3=O)cc2)cc1. The molecular formula is C26H25N3O3. The van der Waals surface area contributed by atoms with Crippen LogP contribution >= 0.6 is 0 Å². The maximum Gasteiger partial charge on any atom is 0.295 e. The molecule has 32 heavy (non-hydrogen) atoms. The van der Waals surface area contributed by atoms with Gasteiger partial charge in [0.1, 0.15) is 11.4 Å². The summed E-state index contributed by atoms with van der Waals surface area (Å²) in [4.78, 5) is 25.4. The molecule has 6 heteroatoms. The molecule has 0 aliphatic rings. The Morgan fingerprint density at radius 2 is 1.47 bits per heavy atom. The first kappa shape index (κ1) is 21.2. The summed E-state index contributed by atoms with van der Waals surface area (Å²) in [6, 6.07) is 25.2. The Kier molecular flexibility index (Phi) is 5.94. The van der Waals surface area contributed by atoms with Crippen molar-refractivity contribution in [3.8, 4) is 22.6 Å². The molecule has 0 aliphatic heterocycles. The standard InChI is InChI=1S/C26H25N3O3/c1-18-9-11-20(12-10-18)21-13-15-23(16-14-21)32-17-24(30)27-25-19(2)28(3)29(26(25)31)22-7-5-4-6-8-22/h4-16H,17H2,1-3H3,(H,27,30). The Balaban J connectivity index is 1.42. The van der Waals surface area contributed by atoms with Crippen LogP contribution in [-0.4, -0.2) is 21.9 Å². The van der Waals surface area contributed by atoms with Crippen LogP contribution < -0.4 is 15.6 Å². The molecule has 3 aromatic carbocycles. The number of hydrogen-bond donors (Lipinski definition) is 1. The Hall–Kier alpha value is -4.06. The van der Waals surface area contributed by atoms with Gasteiger partial charge in [-0.25, -0.2) is 4.68 Å². The zero-order valence-electron chi connectivity index (χ0n) is 18.3. The average molecular weight is 428 g/mol. The molecule has 4 rings (SSSR count). The lowest BCUT2D eigenvalue weighted by atomic mass is 10.0. The molecule has 1 N–H and O–H groups in total. The van der Waals surface area contributed by atoms with Crippen LogP contribution in [0.5, 0.6) is 5.75 Å². The molecule has 1 aromatic heterocycles. The number of benzene rings is 3. The molecule has 0 saturated carbocycles. The van der Waals surface area contributed by atoms with E-state index in [1.54, 1.807) is 18.7 Å². The normalized spacial score (nSPS) is 10.7. The van der Waals surface area contributed by atoms with E-state index >= 15 is 0 Å². The zero-order valence-corrected chi connectivity index (χ0v) is 18.3. The second-order valence-corrected chi connectivity index (χ2v) is 7.66. The van der Waals surface area contributed by atoms with Gasteiger partial charge in [0.15, 0.2) is 6.61 Å². The molecule has 0 unspecified atom stereocenters. The number of aryl methyl sites for hydroxylation is 1. The number of para-hydroxylation sites is 1. The second-order valence-electron chi connectivity index (χ2n) is 7.66. The fourth-order valence-electron chi connectivity index (χ4n) is 3.53. The Morgan fingerprint density at radius 1 is 0.875 bits per heavy atom. The van der Waals surface area contributed by atoms with E-state index in [0.717, 1.165) is 16.8 Å². The molecule has 1 amide bonds. The van der Waals surface area contributed by atoms with E-state index < -0.39 is 5.91 Å². The van der Waals surface area contributed by atoms with Crippen LogP contribution in [-0.2, 0) is 11.8 Å². The topological polar surface area (TPSA) is 65.3 Å². The highest BCUT2D eigenvalue weighted by Gasteiger charge is 2.18. The first-order valence-electron chi connectivity index (χ1n) is 10.4. The summed E-state index contributed by atoms with van der Waals surface area (Å²) in [6.45, 7) is 3.66. The van der Waals surface area contributed by atoms with Crippen LogP contribution in [0.3, 0.4) is 0 Å². The van der Waals surface area contributed by atoms with Crippen LogP contribution in [0.2, 0.25) is 0 Å². The Bertz CT molecular complexity index is 1290. The minimum Gasteiger partial charge on any atom is -0.484 e. The van der Waals surface area contributed by atoms with Crippen molar-refractivity contribution < 1.29 is 9.53 Å². The Morgan fingerprint density at radius 3 is 2.09 bits per heavy atom. The van der Waals surface area contributed by atoms with Crippen molar-refractivity contribution in [3.63, 3.8) is 0 Å². The van der Waals surface area contributed by atoms with Gasteiger partial charge in [-0.05, 0) is 49.2 Å².